The van der Waals surface area contributed by atoms with Crippen molar-refractivity contribution < 1.29 is 0 Å². The molecule has 0 spiro atoms. The Kier molecular flexibility index (Phi) is 3.95. The van der Waals surface area contributed by atoms with Crippen LogP contribution in [0.15, 0.2) is 55.2 Å². The summed E-state index contributed by atoms with van der Waals surface area (Å²) in [6.07, 6.45) is 1.86. The predicted octanol–water partition coefficient (Wildman–Crippen LogP) is 4.69. The van der Waals surface area contributed by atoms with Crippen LogP contribution in [0, 0.1) is 13.8 Å². The molecule has 1 atom stereocenters. The van der Waals surface area contributed by atoms with Gasteiger partial charge in [0.1, 0.15) is 5.82 Å². The number of hydrogen-bond acceptors (Lipinski definition) is 3. The maximum atomic E-state index is 4.82. The molecule has 0 radical (unpaired) electrons. The summed E-state index contributed by atoms with van der Waals surface area (Å²) in [6, 6.07) is 14.6. The highest BCUT2D eigenvalue weighted by Gasteiger charge is 2.46. The third-order valence-corrected chi connectivity index (χ3v) is 5.83. The standard InChI is InChI=1S/C23H26N4/c1-15(21-23(4,5)19-13-10-14-24-22(19)26(21)6)20-16(2)25-27(17(20)3)18-11-8-7-9-12-18/h7-14,21H,1H2,2-6H3. The van der Waals surface area contributed by atoms with Crippen LogP contribution in [0.3, 0.4) is 0 Å². The molecule has 27 heavy (non-hydrogen) atoms. The topological polar surface area (TPSA) is 34.0 Å². The predicted molar refractivity (Wildman–Crippen MR) is 112 cm³/mol. The lowest BCUT2D eigenvalue weighted by molar-refractivity contribution is 0.497. The van der Waals surface area contributed by atoms with E-state index in [2.05, 4.69) is 69.4 Å². The van der Waals surface area contributed by atoms with Crippen molar-refractivity contribution in [3.05, 3.63) is 77.8 Å². The van der Waals surface area contributed by atoms with Crippen molar-refractivity contribution in [1.29, 1.82) is 0 Å². The first-order valence-corrected chi connectivity index (χ1v) is 9.33. The maximum absolute atomic E-state index is 4.82. The quantitative estimate of drug-likeness (QED) is 0.681. The molecule has 0 amide bonds. The highest BCUT2D eigenvalue weighted by Crippen LogP contribution is 2.48. The van der Waals surface area contributed by atoms with Crippen LogP contribution in [0.5, 0.6) is 0 Å². The summed E-state index contributed by atoms with van der Waals surface area (Å²) in [5, 5.41) is 4.82. The Bertz CT molecular complexity index is 1010. The number of likely N-dealkylation sites (N-methyl/N-ethyl adjacent to an activating group) is 1. The second kappa shape index (κ2) is 6.08. The summed E-state index contributed by atoms with van der Waals surface area (Å²) in [5.41, 5.74) is 6.63. The Morgan fingerprint density at radius 1 is 1.07 bits per heavy atom. The molecule has 138 valence electrons. The van der Waals surface area contributed by atoms with Crippen LogP contribution in [0.25, 0.3) is 11.3 Å². The molecule has 4 rings (SSSR count). The highest BCUT2D eigenvalue weighted by atomic mass is 15.3. The number of nitrogens with zero attached hydrogens (tertiary/aromatic N) is 4. The molecular formula is C23H26N4. The number of aromatic nitrogens is 3. The fourth-order valence-electron chi connectivity index (χ4n) is 4.67. The lowest BCUT2D eigenvalue weighted by Crippen LogP contribution is -2.40. The van der Waals surface area contributed by atoms with Gasteiger partial charge in [-0.1, -0.05) is 44.7 Å². The smallest absolute Gasteiger partial charge is 0.132 e. The van der Waals surface area contributed by atoms with E-state index in [1.54, 1.807) is 0 Å². The van der Waals surface area contributed by atoms with Gasteiger partial charge in [-0.15, -0.1) is 0 Å². The van der Waals surface area contributed by atoms with Gasteiger partial charge in [0, 0.05) is 35.5 Å². The van der Waals surface area contributed by atoms with Crippen molar-refractivity contribution in [2.45, 2.75) is 39.2 Å². The van der Waals surface area contributed by atoms with Gasteiger partial charge < -0.3 is 4.90 Å². The molecule has 4 nitrogen and oxygen atoms in total. The van der Waals surface area contributed by atoms with Gasteiger partial charge in [-0.25, -0.2) is 9.67 Å². The minimum Gasteiger partial charge on any atom is -0.352 e. The largest absolute Gasteiger partial charge is 0.352 e. The molecule has 1 aromatic carbocycles. The van der Waals surface area contributed by atoms with Crippen molar-refractivity contribution in [3.63, 3.8) is 0 Å². The lowest BCUT2D eigenvalue weighted by atomic mass is 9.76. The maximum Gasteiger partial charge on any atom is 0.132 e. The number of anilines is 1. The van der Waals surface area contributed by atoms with Crippen LogP contribution in [0.4, 0.5) is 5.82 Å². The fourth-order valence-corrected chi connectivity index (χ4v) is 4.67. The van der Waals surface area contributed by atoms with Gasteiger partial charge in [0.05, 0.1) is 17.4 Å². The molecule has 3 heterocycles. The van der Waals surface area contributed by atoms with Crippen molar-refractivity contribution in [2.24, 2.45) is 0 Å². The average Bonchev–Trinajstić information content (AvgIpc) is 3.06. The molecule has 1 aliphatic rings. The summed E-state index contributed by atoms with van der Waals surface area (Å²) >= 11 is 0. The number of benzene rings is 1. The second-order valence-electron chi connectivity index (χ2n) is 7.93. The van der Waals surface area contributed by atoms with Crippen molar-refractivity contribution in [1.82, 2.24) is 14.8 Å². The first kappa shape index (κ1) is 17.5. The summed E-state index contributed by atoms with van der Waals surface area (Å²) in [5.74, 6) is 1.04. The van der Waals surface area contributed by atoms with E-state index in [4.69, 9.17) is 5.10 Å². The summed E-state index contributed by atoms with van der Waals surface area (Å²) < 4.78 is 2.02. The monoisotopic (exact) mass is 358 g/mol. The van der Waals surface area contributed by atoms with Gasteiger partial charge in [0.25, 0.3) is 0 Å². The second-order valence-corrected chi connectivity index (χ2v) is 7.93. The number of fused-ring (bicyclic) bond motifs is 1. The van der Waals surface area contributed by atoms with Crippen LogP contribution in [0.2, 0.25) is 0 Å². The zero-order valence-electron chi connectivity index (χ0n) is 16.7. The number of para-hydroxylation sites is 1. The van der Waals surface area contributed by atoms with Gasteiger partial charge in [-0.05, 0) is 37.6 Å². The number of rotatable bonds is 3. The Hall–Kier alpha value is -2.88. The Balaban J connectivity index is 1.80. The zero-order valence-corrected chi connectivity index (χ0v) is 16.7. The van der Waals surface area contributed by atoms with E-state index >= 15 is 0 Å². The van der Waals surface area contributed by atoms with E-state index < -0.39 is 0 Å². The minimum atomic E-state index is -0.0802. The van der Waals surface area contributed by atoms with E-state index in [0.717, 1.165) is 34.0 Å². The highest BCUT2D eigenvalue weighted by molar-refractivity contribution is 5.79. The fraction of sp³-hybridized carbons (Fsp3) is 0.304. The average molecular weight is 358 g/mol. The lowest BCUT2D eigenvalue weighted by Gasteiger charge is -2.33. The molecular weight excluding hydrogens is 332 g/mol. The SMILES string of the molecule is C=C(c1c(C)nn(-c2ccccc2)c1C)C1N(C)c2ncccc2C1(C)C. The first-order chi connectivity index (χ1) is 12.8. The minimum absolute atomic E-state index is 0.0802. The molecule has 1 unspecified atom stereocenters. The molecule has 0 bridgehead atoms. The third-order valence-electron chi connectivity index (χ3n) is 5.83. The van der Waals surface area contributed by atoms with Crippen LogP contribution in [-0.4, -0.2) is 27.9 Å². The molecule has 0 saturated carbocycles. The van der Waals surface area contributed by atoms with Gasteiger partial charge in [-0.3, -0.25) is 0 Å². The van der Waals surface area contributed by atoms with Crippen molar-refractivity contribution in [2.75, 3.05) is 11.9 Å². The van der Waals surface area contributed by atoms with Gasteiger partial charge in [-0.2, -0.15) is 5.10 Å². The van der Waals surface area contributed by atoms with E-state index in [1.165, 1.54) is 5.56 Å². The van der Waals surface area contributed by atoms with E-state index in [-0.39, 0.29) is 11.5 Å². The van der Waals surface area contributed by atoms with Crippen LogP contribution in [0.1, 0.15) is 36.4 Å². The van der Waals surface area contributed by atoms with E-state index in [9.17, 15) is 0 Å². The molecule has 4 heteroatoms. The molecule has 2 aromatic heterocycles. The molecule has 0 saturated heterocycles. The Morgan fingerprint density at radius 3 is 2.44 bits per heavy atom. The van der Waals surface area contributed by atoms with Gasteiger partial charge >= 0.3 is 0 Å². The van der Waals surface area contributed by atoms with Crippen LogP contribution in [-0.2, 0) is 5.41 Å². The Labute approximate surface area is 161 Å². The third kappa shape index (κ3) is 2.51. The normalized spacial score (nSPS) is 17.8. The molecule has 0 fully saturated rings. The molecule has 3 aromatic rings. The van der Waals surface area contributed by atoms with Crippen LogP contribution >= 0.6 is 0 Å². The summed E-state index contributed by atoms with van der Waals surface area (Å²) in [4.78, 5) is 6.88. The summed E-state index contributed by atoms with van der Waals surface area (Å²) in [7, 11) is 2.11. The first-order valence-electron chi connectivity index (χ1n) is 9.33. The van der Waals surface area contributed by atoms with Crippen molar-refractivity contribution in [3.8, 4) is 5.69 Å². The van der Waals surface area contributed by atoms with E-state index in [0.29, 0.717) is 0 Å². The number of pyridine rings is 1. The van der Waals surface area contributed by atoms with Gasteiger partial charge in [0.15, 0.2) is 0 Å². The molecule has 0 N–H and O–H groups in total. The van der Waals surface area contributed by atoms with E-state index in [1.807, 2.05) is 35.1 Å². The summed E-state index contributed by atoms with van der Waals surface area (Å²) in [6.45, 7) is 13.3. The molecule has 1 aliphatic heterocycles. The Morgan fingerprint density at radius 2 is 1.78 bits per heavy atom. The van der Waals surface area contributed by atoms with Gasteiger partial charge in [0.2, 0.25) is 0 Å². The van der Waals surface area contributed by atoms with Crippen molar-refractivity contribution >= 4 is 11.4 Å². The zero-order chi connectivity index (χ0) is 19.3. The number of aryl methyl sites for hydroxylation is 1. The number of hydrogen-bond donors (Lipinski definition) is 0. The molecule has 0 aliphatic carbocycles. The van der Waals surface area contributed by atoms with Crippen LogP contribution < -0.4 is 4.90 Å².